The molecule has 1 saturated heterocycles. The first-order chi connectivity index (χ1) is 8.70. The fourth-order valence-corrected chi connectivity index (χ4v) is 3.12. The van der Waals surface area contributed by atoms with E-state index in [4.69, 9.17) is 4.74 Å². The maximum Gasteiger partial charge on any atom is 0.195 e. The lowest BCUT2D eigenvalue weighted by Gasteiger charge is -2.37. The van der Waals surface area contributed by atoms with E-state index in [2.05, 4.69) is 23.7 Å². The zero-order chi connectivity index (χ0) is 12.7. The van der Waals surface area contributed by atoms with Crippen LogP contribution in [0.1, 0.15) is 19.5 Å². The van der Waals surface area contributed by atoms with Gasteiger partial charge in [0.05, 0.1) is 31.1 Å². The van der Waals surface area contributed by atoms with Crippen molar-refractivity contribution in [2.45, 2.75) is 32.6 Å². The van der Waals surface area contributed by atoms with Gasteiger partial charge in [-0.25, -0.2) is 4.98 Å². The predicted molar refractivity (Wildman–Crippen MR) is 71.2 cm³/mol. The van der Waals surface area contributed by atoms with Gasteiger partial charge >= 0.3 is 0 Å². The van der Waals surface area contributed by atoms with E-state index in [1.807, 2.05) is 16.0 Å². The molecule has 98 valence electrons. The van der Waals surface area contributed by atoms with Crippen LogP contribution in [0.4, 0.5) is 5.82 Å². The molecule has 2 unspecified atom stereocenters. The molecule has 0 bridgehead atoms. The van der Waals surface area contributed by atoms with Gasteiger partial charge in [-0.05, 0) is 13.8 Å². The number of ether oxygens (including phenoxy) is 1. The highest BCUT2D eigenvalue weighted by Crippen LogP contribution is 2.28. The average Bonchev–Trinajstić information content (AvgIpc) is 2.91. The van der Waals surface area contributed by atoms with Crippen LogP contribution in [-0.4, -0.2) is 39.8 Å². The van der Waals surface area contributed by atoms with Gasteiger partial charge in [-0.3, -0.25) is 4.40 Å². The molecule has 3 rings (SSSR count). The Hall–Kier alpha value is -1.11. The standard InChI is InChI=1S/C12H17N3O2S/c1-8-7-17-9(2)5-15(8)11-10(6-16)14-3-4-18-12(14)13-11/h3-4,8-9,16H,5-7H2,1-2H3. The molecule has 2 aromatic heterocycles. The number of aromatic nitrogens is 2. The number of imidazole rings is 1. The number of fused-ring (bicyclic) bond motifs is 1. The summed E-state index contributed by atoms with van der Waals surface area (Å²) in [6, 6.07) is 0.288. The Labute approximate surface area is 110 Å². The molecule has 6 heteroatoms. The quantitative estimate of drug-likeness (QED) is 0.896. The summed E-state index contributed by atoms with van der Waals surface area (Å²) in [5.41, 5.74) is 0.868. The molecule has 0 spiro atoms. The number of aliphatic hydroxyl groups is 1. The third kappa shape index (κ3) is 1.81. The molecule has 18 heavy (non-hydrogen) atoms. The van der Waals surface area contributed by atoms with Crippen molar-refractivity contribution in [1.82, 2.24) is 9.38 Å². The van der Waals surface area contributed by atoms with E-state index in [0.717, 1.165) is 23.0 Å². The molecule has 2 aromatic rings. The van der Waals surface area contributed by atoms with Gasteiger partial charge in [0.25, 0.3) is 0 Å². The van der Waals surface area contributed by atoms with Crippen LogP contribution < -0.4 is 4.90 Å². The van der Waals surface area contributed by atoms with Gasteiger partial charge in [-0.1, -0.05) is 0 Å². The van der Waals surface area contributed by atoms with Crippen molar-refractivity contribution >= 4 is 22.1 Å². The lowest BCUT2D eigenvalue weighted by molar-refractivity contribution is 0.0339. The largest absolute Gasteiger partial charge is 0.390 e. The smallest absolute Gasteiger partial charge is 0.195 e. The molecule has 0 aromatic carbocycles. The SMILES string of the molecule is CC1CN(c2nc3sccn3c2CO)C(C)CO1. The molecule has 0 saturated carbocycles. The molecule has 5 nitrogen and oxygen atoms in total. The number of aliphatic hydroxyl groups excluding tert-OH is 1. The Morgan fingerprint density at radius 1 is 1.56 bits per heavy atom. The van der Waals surface area contributed by atoms with E-state index in [9.17, 15) is 5.11 Å². The van der Waals surface area contributed by atoms with Gasteiger partial charge in [-0.15, -0.1) is 11.3 Å². The second kappa shape index (κ2) is 4.53. The minimum atomic E-state index is 0.00565. The van der Waals surface area contributed by atoms with Crippen molar-refractivity contribution in [2.75, 3.05) is 18.1 Å². The monoisotopic (exact) mass is 267 g/mol. The number of nitrogens with zero attached hydrogens (tertiary/aromatic N) is 3. The molecule has 2 atom stereocenters. The van der Waals surface area contributed by atoms with E-state index in [1.54, 1.807) is 11.3 Å². The summed E-state index contributed by atoms with van der Waals surface area (Å²) in [7, 11) is 0. The highest BCUT2D eigenvalue weighted by atomic mass is 32.1. The minimum Gasteiger partial charge on any atom is -0.390 e. The van der Waals surface area contributed by atoms with Crippen molar-refractivity contribution in [3.8, 4) is 0 Å². The third-order valence-electron chi connectivity index (χ3n) is 3.37. The fraction of sp³-hybridized carbons (Fsp3) is 0.583. The minimum absolute atomic E-state index is 0.00565. The highest BCUT2D eigenvalue weighted by molar-refractivity contribution is 7.15. The first kappa shape index (κ1) is 12.0. The molecular weight excluding hydrogens is 250 g/mol. The van der Waals surface area contributed by atoms with Crippen LogP contribution in [-0.2, 0) is 11.3 Å². The fourth-order valence-electron chi connectivity index (χ4n) is 2.40. The van der Waals surface area contributed by atoms with Gasteiger partial charge in [0.1, 0.15) is 0 Å². The summed E-state index contributed by atoms with van der Waals surface area (Å²) in [6.07, 6.45) is 2.16. The van der Waals surface area contributed by atoms with Gasteiger partial charge in [0.2, 0.25) is 0 Å². The van der Waals surface area contributed by atoms with E-state index in [-0.39, 0.29) is 18.8 Å². The lowest BCUT2D eigenvalue weighted by atomic mass is 10.2. The van der Waals surface area contributed by atoms with Crippen molar-refractivity contribution in [3.05, 3.63) is 17.3 Å². The van der Waals surface area contributed by atoms with Crippen LogP contribution in [0.5, 0.6) is 0 Å². The molecule has 1 N–H and O–H groups in total. The zero-order valence-electron chi connectivity index (χ0n) is 10.5. The third-order valence-corrected chi connectivity index (χ3v) is 4.13. The molecular formula is C12H17N3O2S. The van der Waals surface area contributed by atoms with Crippen LogP contribution in [0.15, 0.2) is 11.6 Å². The Balaban J connectivity index is 2.04. The molecule has 0 aliphatic carbocycles. The van der Waals surface area contributed by atoms with Gasteiger partial charge in [0.15, 0.2) is 10.8 Å². The van der Waals surface area contributed by atoms with Crippen molar-refractivity contribution in [1.29, 1.82) is 0 Å². The van der Waals surface area contributed by atoms with Crippen LogP contribution in [0.3, 0.4) is 0 Å². The summed E-state index contributed by atoms with van der Waals surface area (Å²) in [5.74, 6) is 0.895. The molecule has 1 fully saturated rings. The first-order valence-corrected chi connectivity index (χ1v) is 7.02. The second-order valence-electron chi connectivity index (χ2n) is 4.74. The number of morpholine rings is 1. The van der Waals surface area contributed by atoms with Crippen molar-refractivity contribution in [2.24, 2.45) is 0 Å². The van der Waals surface area contributed by atoms with Crippen molar-refractivity contribution in [3.63, 3.8) is 0 Å². The molecule has 1 aliphatic rings. The molecule has 0 radical (unpaired) electrons. The number of anilines is 1. The predicted octanol–water partition coefficient (Wildman–Crippen LogP) is 1.50. The number of hydrogen-bond donors (Lipinski definition) is 1. The lowest BCUT2D eigenvalue weighted by Crippen LogP contribution is -2.48. The Morgan fingerprint density at radius 2 is 2.39 bits per heavy atom. The van der Waals surface area contributed by atoms with Gasteiger partial charge in [0, 0.05) is 18.1 Å². The normalized spacial score (nSPS) is 24.9. The highest BCUT2D eigenvalue weighted by Gasteiger charge is 2.28. The Kier molecular flexibility index (Phi) is 3.01. The summed E-state index contributed by atoms with van der Waals surface area (Å²) in [4.78, 5) is 7.81. The molecule has 0 amide bonds. The van der Waals surface area contributed by atoms with Crippen LogP contribution in [0.25, 0.3) is 4.96 Å². The summed E-state index contributed by atoms with van der Waals surface area (Å²) >= 11 is 1.59. The first-order valence-electron chi connectivity index (χ1n) is 6.14. The zero-order valence-corrected chi connectivity index (χ0v) is 11.4. The molecule has 1 aliphatic heterocycles. The van der Waals surface area contributed by atoms with E-state index in [0.29, 0.717) is 6.61 Å². The van der Waals surface area contributed by atoms with Gasteiger partial charge in [-0.2, -0.15) is 0 Å². The Morgan fingerprint density at radius 3 is 3.17 bits per heavy atom. The summed E-state index contributed by atoms with van der Waals surface area (Å²) in [5, 5.41) is 11.6. The molecule has 3 heterocycles. The maximum absolute atomic E-state index is 9.59. The van der Waals surface area contributed by atoms with E-state index >= 15 is 0 Å². The number of rotatable bonds is 2. The van der Waals surface area contributed by atoms with Crippen molar-refractivity contribution < 1.29 is 9.84 Å². The second-order valence-corrected chi connectivity index (χ2v) is 5.61. The van der Waals surface area contributed by atoms with E-state index < -0.39 is 0 Å². The van der Waals surface area contributed by atoms with Gasteiger partial charge < -0.3 is 14.7 Å². The number of hydrogen-bond acceptors (Lipinski definition) is 5. The average molecular weight is 267 g/mol. The van der Waals surface area contributed by atoms with Crippen LogP contribution in [0, 0.1) is 0 Å². The topological polar surface area (TPSA) is 50.0 Å². The van der Waals surface area contributed by atoms with E-state index in [1.165, 1.54) is 0 Å². The summed E-state index contributed by atoms with van der Waals surface area (Å²) in [6.45, 7) is 5.72. The van der Waals surface area contributed by atoms with Crippen LogP contribution in [0.2, 0.25) is 0 Å². The Bertz CT molecular complexity index is 551. The summed E-state index contributed by atoms with van der Waals surface area (Å²) < 4.78 is 7.60. The van der Waals surface area contributed by atoms with Crippen LogP contribution >= 0.6 is 11.3 Å². The number of thiazole rings is 1. The maximum atomic E-state index is 9.59.